The van der Waals surface area contributed by atoms with Gasteiger partial charge in [0, 0.05) is 0 Å². The first-order valence-electron chi connectivity index (χ1n) is 3.25. The molecule has 0 aromatic rings. The van der Waals surface area contributed by atoms with Crippen LogP contribution in [-0.2, 0) is 9.59 Å². The highest BCUT2D eigenvalue weighted by Crippen LogP contribution is 2.05. The lowest BCUT2D eigenvalue weighted by atomic mass is 10.0. The highest BCUT2D eigenvalue weighted by atomic mass is 35.5. The lowest BCUT2D eigenvalue weighted by Gasteiger charge is -2.04. The largest absolute Gasteiger partial charge is 0.481 e. The van der Waals surface area contributed by atoms with Crippen LogP contribution in [0.2, 0.25) is 0 Å². The predicted octanol–water partition coefficient (Wildman–Crippen LogP) is -0.0675. The molecular weight excluding hydrogens is 186 g/mol. The molecule has 0 aliphatic heterocycles. The van der Waals surface area contributed by atoms with Gasteiger partial charge in [-0.1, -0.05) is 0 Å². The minimum absolute atomic E-state index is 0. The lowest BCUT2D eigenvalue weighted by Crippen LogP contribution is -2.24. The molecule has 0 heterocycles. The number of halogens is 1. The molecule has 0 rings (SSSR count). The molecule has 6 heteroatoms. The van der Waals surface area contributed by atoms with Crippen LogP contribution in [0.15, 0.2) is 0 Å². The molecule has 0 saturated carbocycles. The van der Waals surface area contributed by atoms with E-state index < -0.39 is 17.9 Å². The summed E-state index contributed by atoms with van der Waals surface area (Å²) in [6, 6.07) is 0. The maximum Gasteiger partial charge on any atom is 0.317 e. The Hall–Kier alpha value is -0.810. The van der Waals surface area contributed by atoms with Crippen molar-refractivity contribution in [1.82, 2.24) is 0 Å². The van der Waals surface area contributed by atoms with Gasteiger partial charge in [0.15, 0.2) is 5.92 Å². The summed E-state index contributed by atoms with van der Waals surface area (Å²) in [5, 5.41) is 16.7. The van der Waals surface area contributed by atoms with E-state index in [-0.39, 0.29) is 18.8 Å². The standard InChI is InChI=1S/C6H11NO4.ClH/c7-3-1-2-4(5(8)9)6(10)11;/h4H,1-3,7H2,(H,8,9)(H,10,11);1H. The van der Waals surface area contributed by atoms with Crippen molar-refractivity contribution in [1.29, 1.82) is 0 Å². The smallest absolute Gasteiger partial charge is 0.317 e. The average Bonchev–Trinajstić information content (AvgIpc) is 1.87. The fourth-order valence-corrected chi connectivity index (χ4v) is 0.675. The number of hydrogen-bond donors (Lipinski definition) is 3. The van der Waals surface area contributed by atoms with E-state index in [1.165, 1.54) is 0 Å². The van der Waals surface area contributed by atoms with Gasteiger partial charge in [-0.15, -0.1) is 12.4 Å². The Morgan fingerprint density at radius 3 is 1.92 bits per heavy atom. The molecule has 0 aliphatic carbocycles. The Morgan fingerprint density at radius 2 is 1.67 bits per heavy atom. The molecule has 0 bridgehead atoms. The second-order valence-corrected chi connectivity index (χ2v) is 2.16. The second-order valence-electron chi connectivity index (χ2n) is 2.16. The van der Waals surface area contributed by atoms with Crippen LogP contribution >= 0.6 is 12.4 Å². The molecule has 4 N–H and O–H groups in total. The average molecular weight is 198 g/mol. The molecule has 0 saturated heterocycles. The molecule has 12 heavy (non-hydrogen) atoms. The summed E-state index contributed by atoms with van der Waals surface area (Å²) < 4.78 is 0. The first-order valence-corrected chi connectivity index (χ1v) is 3.25. The number of carboxylic acids is 2. The van der Waals surface area contributed by atoms with Crippen LogP contribution in [0.25, 0.3) is 0 Å². The molecule has 0 unspecified atom stereocenters. The number of carboxylic acid groups (broad SMARTS) is 2. The summed E-state index contributed by atoms with van der Waals surface area (Å²) >= 11 is 0. The van der Waals surface area contributed by atoms with Gasteiger partial charge in [0.1, 0.15) is 0 Å². The number of rotatable bonds is 5. The number of hydrogen-bond acceptors (Lipinski definition) is 3. The molecule has 5 nitrogen and oxygen atoms in total. The Morgan fingerprint density at radius 1 is 1.25 bits per heavy atom. The van der Waals surface area contributed by atoms with Gasteiger partial charge < -0.3 is 15.9 Å². The maximum absolute atomic E-state index is 10.2. The van der Waals surface area contributed by atoms with Gasteiger partial charge in [-0.2, -0.15) is 0 Å². The quantitative estimate of drug-likeness (QED) is 0.536. The Kier molecular flexibility index (Phi) is 7.88. The van der Waals surface area contributed by atoms with E-state index in [0.29, 0.717) is 13.0 Å². The first kappa shape index (κ1) is 13.8. The minimum Gasteiger partial charge on any atom is -0.481 e. The van der Waals surface area contributed by atoms with Crippen molar-refractivity contribution >= 4 is 24.3 Å². The van der Waals surface area contributed by atoms with Gasteiger partial charge in [-0.05, 0) is 19.4 Å². The van der Waals surface area contributed by atoms with Crippen molar-refractivity contribution in [2.24, 2.45) is 11.7 Å². The summed E-state index contributed by atoms with van der Waals surface area (Å²) in [5.74, 6) is -3.91. The molecule has 0 spiro atoms. The SMILES string of the molecule is Cl.NCCCC(C(=O)O)C(=O)O. The molecule has 0 aliphatic rings. The third-order valence-corrected chi connectivity index (χ3v) is 1.29. The van der Waals surface area contributed by atoms with E-state index in [2.05, 4.69) is 0 Å². The topological polar surface area (TPSA) is 101 Å². The molecule has 0 amide bonds. The van der Waals surface area contributed by atoms with Crippen molar-refractivity contribution in [3.8, 4) is 0 Å². The normalized spacial score (nSPS) is 9.17. The zero-order chi connectivity index (χ0) is 8.85. The summed E-state index contributed by atoms with van der Waals surface area (Å²) in [6.07, 6.45) is 0.518. The number of carbonyl (C=O) groups is 2. The van der Waals surface area contributed by atoms with Crippen LogP contribution < -0.4 is 5.73 Å². The summed E-state index contributed by atoms with van der Waals surface area (Å²) in [7, 11) is 0. The molecule has 72 valence electrons. The zero-order valence-corrected chi connectivity index (χ0v) is 7.21. The Bertz CT molecular complexity index is 148. The monoisotopic (exact) mass is 197 g/mol. The van der Waals surface area contributed by atoms with Gasteiger partial charge in [0.25, 0.3) is 0 Å². The molecule has 0 aromatic heterocycles. The predicted molar refractivity (Wildman–Crippen MR) is 44.3 cm³/mol. The lowest BCUT2D eigenvalue weighted by molar-refractivity contribution is -0.154. The molecule has 0 fully saturated rings. The van der Waals surface area contributed by atoms with Gasteiger partial charge in [-0.3, -0.25) is 9.59 Å². The van der Waals surface area contributed by atoms with Gasteiger partial charge in [0.2, 0.25) is 0 Å². The maximum atomic E-state index is 10.2. The fraction of sp³-hybridized carbons (Fsp3) is 0.667. The van der Waals surface area contributed by atoms with Crippen LogP contribution in [0.5, 0.6) is 0 Å². The van der Waals surface area contributed by atoms with Gasteiger partial charge in [0.05, 0.1) is 0 Å². The van der Waals surface area contributed by atoms with Crippen molar-refractivity contribution in [2.45, 2.75) is 12.8 Å². The van der Waals surface area contributed by atoms with Crippen molar-refractivity contribution in [3.63, 3.8) is 0 Å². The van der Waals surface area contributed by atoms with Crippen LogP contribution in [0.1, 0.15) is 12.8 Å². The van der Waals surface area contributed by atoms with E-state index in [0.717, 1.165) is 0 Å². The first-order chi connectivity index (χ1) is 5.09. The molecule has 0 atom stereocenters. The van der Waals surface area contributed by atoms with E-state index in [1.807, 2.05) is 0 Å². The summed E-state index contributed by atoms with van der Waals surface area (Å²) in [6.45, 7) is 0.317. The Labute approximate surface area is 76.0 Å². The summed E-state index contributed by atoms with van der Waals surface area (Å²) in [4.78, 5) is 20.5. The Balaban J connectivity index is 0. The molecular formula is C6H12ClNO4. The minimum atomic E-state index is -1.31. The van der Waals surface area contributed by atoms with Gasteiger partial charge >= 0.3 is 11.9 Å². The molecule has 0 aromatic carbocycles. The van der Waals surface area contributed by atoms with E-state index >= 15 is 0 Å². The van der Waals surface area contributed by atoms with E-state index in [1.54, 1.807) is 0 Å². The number of nitrogens with two attached hydrogens (primary N) is 1. The second kappa shape index (κ2) is 6.87. The van der Waals surface area contributed by atoms with E-state index in [4.69, 9.17) is 15.9 Å². The summed E-state index contributed by atoms with van der Waals surface area (Å²) in [5.41, 5.74) is 5.09. The van der Waals surface area contributed by atoms with Crippen molar-refractivity contribution in [3.05, 3.63) is 0 Å². The van der Waals surface area contributed by atoms with Crippen LogP contribution in [0.3, 0.4) is 0 Å². The highest BCUT2D eigenvalue weighted by molar-refractivity contribution is 5.92. The third kappa shape index (κ3) is 4.92. The van der Waals surface area contributed by atoms with Crippen LogP contribution in [0.4, 0.5) is 0 Å². The van der Waals surface area contributed by atoms with E-state index in [9.17, 15) is 9.59 Å². The van der Waals surface area contributed by atoms with Crippen molar-refractivity contribution < 1.29 is 19.8 Å². The third-order valence-electron chi connectivity index (χ3n) is 1.29. The highest BCUT2D eigenvalue weighted by Gasteiger charge is 2.24. The zero-order valence-electron chi connectivity index (χ0n) is 6.40. The van der Waals surface area contributed by atoms with Gasteiger partial charge in [-0.25, -0.2) is 0 Å². The van der Waals surface area contributed by atoms with Crippen LogP contribution in [0, 0.1) is 5.92 Å². The van der Waals surface area contributed by atoms with Crippen molar-refractivity contribution in [2.75, 3.05) is 6.54 Å². The molecule has 0 radical (unpaired) electrons. The number of aliphatic carboxylic acids is 2. The van der Waals surface area contributed by atoms with Crippen LogP contribution in [-0.4, -0.2) is 28.7 Å². The fourth-order valence-electron chi connectivity index (χ4n) is 0.675.